The number of anilines is 1. The van der Waals surface area contributed by atoms with E-state index in [0.29, 0.717) is 6.54 Å². The van der Waals surface area contributed by atoms with E-state index in [1.165, 1.54) is 10.1 Å². The number of thiophene rings is 1. The van der Waals surface area contributed by atoms with Gasteiger partial charge in [-0.3, -0.25) is 4.90 Å². The molecule has 0 unspecified atom stereocenters. The van der Waals surface area contributed by atoms with Crippen LogP contribution in [0, 0.1) is 0 Å². The molecule has 6 heteroatoms. The number of fused-ring (bicyclic) bond motifs is 1. The largest absolute Gasteiger partial charge is 0.508 e. The summed E-state index contributed by atoms with van der Waals surface area (Å²) in [6.07, 6.45) is 0. The second kappa shape index (κ2) is 6.98. The molecule has 0 atom stereocenters. The lowest BCUT2D eigenvalue weighted by atomic mass is 10.1. The first-order valence-electron chi connectivity index (χ1n) is 8.45. The van der Waals surface area contributed by atoms with Crippen LogP contribution in [0.5, 0.6) is 5.75 Å². The monoisotopic (exact) mass is 357 g/mol. The van der Waals surface area contributed by atoms with Crippen LogP contribution < -0.4 is 4.90 Å². The zero-order valence-electron chi connectivity index (χ0n) is 13.9. The Bertz CT molecular complexity index is 857. The van der Waals surface area contributed by atoms with E-state index >= 15 is 0 Å². The highest BCUT2D eigenvalue weighted by Crippen LogP contribution is 2.34. The summed E-state index contributed by atoms with van der Waals surface area (Å²) >= 11 is 1.71. The first-order valence-corrected chi connectivity index (χ1v) is 9.33. The van der Waals surface area contributed by atoms with Crippen molar-refractivity contribution in [3.05, 3.63) is 41.8 Å². The molecule has 1 aliphatic heterocycles. The van der Waals surface area contributed by atoms with E-state index in [4.69, 9.17) is 4.98 Å². The quantitative estimate of drug-likeness (QED) is 0.772. The molecule has 1 fully saturated rings. The van der Waals surface area contributed by atoms with Gasteiger partial charge in [-0.2, -0.15) is 0 Å². The van der Waals surface area contributed by atoms with E-state index in [1.54, 1.807) is 23.5 Å². The number of pyridine rings is 1. The van der Waals surface area contributed by atoms with Gasteiger partial charge in [0.25, 0.3) is 0 Å². The van der Waals surface area contributed by atoms with E-state index in [9.17, 15) is 9.50 Å². The molecule has 4 rings (SSSR count). The lowest BCUT2D eigenvalue weighted by Crippen LogP contribution is -2.47. The summed E-state index contributed by atoms with van der Waals surface area (Å²) in [5.41, 5.74) is 1.90. The van der Waals surface area contributed by atoms with Crippen molar-refractivity contribution in [2.75, 3.05) is 44.3 Å². The summed E-state index contributed by atoms with van der Waals surface area (Å²) in [6, 6.07) is 11.4. The van der Waals surface area contributed by atoms with Gasteiger partial charge in [0, 0.05) is 48.4 Å². The van der Waals surface area contributed by atoms with Crippen molar-refractivity contribution in [2.24, 2.45) is 0 Å². The van der Waals surface area contributed by atoms with Crippen molar-refractivity contribution in [3.8, 4) is 17.0 Å². The number of nitrogens with zero attached hydrogens (tertiary/aromatic N) is 3. The predicted molar refractivity (Wildman–Crippen MR) is 101 cm³/mol. The van der Waals surface area contributed by atoms with Crippen molar-refractivity contribution in [2.45, 2.75) is 0 Å². The Labute approximate surface area is 150 Å². The predicted octanol–water partition coefficient (Wildman–Crippen LogP) is 3.76. The van der Waals surface area contributed by atoms with Crippen molar-refractivity contribution >= 4 is 27.2 Å². The molecular weight excluding hydrogens is 337 g/mol. The molecule has 2 aromatic heterocycles. The van der Waals surface area contributed by atoms with Crippen molar-refractivity contribution < 1.29 is 9.50 Å². The van der Waals surface area contributed by atoms with Gasteiger partial charge in [0.15, 0.2) is 0 Å². The van der Waals surface area contributed by atoms with Crippen LogP contribution in [0.4, 0.5) is 10.2 Å². The summed E-state index contributed by atoms with van der Waals surface area (Å²) in [6.45, 7) is 3.67. The van der Waals surface area contributed by atoms with Gasteiger partial charge < -0.3 is 10.0 Å². The first-order chi connectivity index (χ1) is 12.2. The number of aromatic hydroxyl groups is 1. The number of phenolic OH excluding ortho intramolecular Hbond substituents is 1. The van der Waals surface area contributed by atoms with Gasteiger partial charge in [-0.1, -0.05) is 0 Å². The van der Waals surface area contributed by atoms with Gasteiger partial charge in [-0.05, 0) is 41.8 Å². The third kappa shape index (κ3) is 3.32. The summed E-state index contributed by atoms with van der Waals surface area (Å²) in [5.74, 6) is 1.26. The molecule has 0 bridgehead atoms. The second-order valence-corrected chi connectivity index (χ2v) is 7.18. The Morgan fingerprint density at radius 1 is 1.08 bits per heavy atom. The molecule has 3 aromatic rings. The van der Waals surface area contributed by atoms with Crippen LogP contribution in [0.2, 0.25) is 0 Å². The molecule has 4 nitrogen and oxygen atoms in total. The highest BCUT2D eigenvalue weighted by Gasteiger charge is 2.20. The van der Waals surface area contributed by atoms with Crippen LogP contribution in [0.3, 0.4) is 0 Å². The molecule has 0 spiro atoms. The molecule has 1 aromatic carbocycles. The van der Waals surface area contributed by atoms with E-state index in [2.05, 4.69) is 27.3 Å². The van der Waals surface area contributed by atoms with Gasteiger partial charge in [0.05, 0.1) is 5.69 Å². The Hall–Kier alpha value is -2.18. The number of rotatable bonds is 4. The number of hydrogen-bond acceptors (Lipinski definition) is 5. The highest BCUT2D eigenvalue weighted by atomic mass is 32.1. The summed E-state index contributed by atoms with van der Waals surface area (Å²) < 4.78 is 13.8. The summed E-state index contributed by atoms with van der Waals surface area (Å²) in [5, 5.41) is 12.8. The van der Waals surface area contributed by atoms with Gasteiger partial charge in [0.2, 0.25) is 0 Å². The number of benzene rings is 1. The van der Waals surface area contributed by atoms with E-state index in [1.807, 2.05) is 12.1 Å². The Morgan fingerprint density at radius 2 is 1.84 bits per heavy atom. The molecule has 1 N–H and O–H groups in total. The van der Waals surface area contributed by atoms with Crippen molar-refractivity contribution in [1.82, 2.24) is 9.88 Å². The number of halogens is 1. The van der Waals surface area contributed by atoms with Crippen LogP contribution in [0.15, 0.2) is 41.8 Å². The maximum Gasteiger partial charge on any atom is 0.138 e. The molecule has 0 saturated carbocycles. The second-order valence-electron chi connectivity index (χ2n) is 6.23. The molecule has 130 valence electrons. The van der Waals surface area contributed by atoms with Crippen LogP contribution >= 0.6 is 11.3 Å². The third-order valence-electron chi connectivity index (χ3n) is 4.67. The number of hydrogen-bond donors (Lipinski definition) is 1. The van der Waals surface area contributed by atoms with Crippen LogP contribution in [-0.4, -0.2) is 54.4 Å². The fraction of sp³-hybridized carbons (Fsp3) is 0.316. The first kappa shape index (κ1) is 16.3. The molecule has 1 saturated heterocycles. The number of alkyl halides is 1. The Balaban J connectivity index is 1.68. The third-order valence-corrected chi connectivity index (χ3v) is 5.53. The summed E-state index contributed by atoms with van der Waals surface area (Å²) in [4.78, 5) is 9.38. The van der Waals surface area contributed by atoms with Gasteiger partial charge in [0.1, 0.15) is 18.2 Å². The van der Waals surface area contributed by atoms with E-state index in [0.717, 1.165) is 43.3 Å². The fourth-order valence-electron chi connectivity index (χ4n) is 3.27. The minimum Gasteiger partial charge on any atom is -0.508 e. The van der Waals surface area contributed by atoms with E-state index in [-0.39, 0.29) is 12.4 Å². The van der Waals surface area contributed by atoms with Gasteiger partial charge >= 0.3 is 0 Å². The van der Waals surface area contributed by atoms with Crippen LogP contribution in [0.1, 0.15) is 0 Å². The Kier molecular flexibility index (Phi) is 4.55. The zero-order valence-corrected chi connectivity index (χ0v) is 14.7. The fourth-order valence-corrected chi connectivity index (χ4v) is 4.09. The van der Waals surface area contributed by atoms with Crippen molar-refractivity contribution in [3.63, 3.8) is 0 Å². The molecule has 1 aliphatic rings. The molecule has 0 radical (unpaired) electrons. The van der Waals surface area contributed by atoms with Crippen molar-refractivity contribution in [1.29, 1.82) is 0 Å². The maximum atomic E-state index is 12.5. The minimum atomic E-state index is -0.288. The smallest absolute Gasteiger partial charge is 0.138 e. The summed E-state index contributed by atoms with van der Waals surface area (Å²) in [7, 11) is 0. The molecule has 25 heavy (non-hydrogen) atoms. The van der Waals surface area contributed by atoms with Crippen LogP contribution in [0.25, 0.3) is 21.3 Å². The molecule has 3 heterocycles. The van der Waals surface area contributed by atoms with Gasteiger partial charge in [-0.25, -0.2) is 9.37 Å². The maximum absolute atomic E-state index is 12.5. The lowest BCUT2D eigenvalue weighted by molar-refractivity contribution is 0.235. The average molecular weight is 357 g/mol. The molecular formula is C19H20FN3OS. The standard InChI is InChI=1S/C19H20FN3OS/c20-6-7-22-8-10-23(11-9-22)19-16-5-12-25-18(16)13-17(21-19)14-1-3-15(24)4-2-14/h1-5,12-13,24H,6-11H2. The normalized spacial score (nSPS) is 15.8. The minimum absolute atomic E-state index is 0.255. The van der Waals surface area contributed by atoms with Gasteiger partial charge in [-0.15, -0.1) is 11.3 Å². The van der Waals surface area contributed by atoms with Crippen LogP contribution in [-0.2, 0) is 0 Å². The number of piperazine rings is 1. The molecule has 0 aliphatic carbocycles. The van der Waals surface area contributed by atoms with E-state index < -0.39 is 0 Å². The topological polar surface area (TPSA) is 39.6 Å². The highest BCUT2D eigenvalue weighted by molar-refractivity contribution is 7.17. The number of aromatic nitrogens is 1. The Morgan fingerprint density at radius 3 is 2.56 bits per heavy atom. The SMILES string of the molecule is Oc1ccc(-c2cc3sccc3c(N3CCN(CCF)CC3)n2)cc1. The lowest BCUT2D eigenvalue weighted by Gasteiger charge is -2.35. The zero-order chi connectivity index (χ0) is 17.2. The number of phenols is 1. The molecule has 0 amide bonds. The average Bonchev–Trinajstić information content (AvgIpc) is 3.11.